The maximum absolute atomic E-state index is 12.7. The zero-order valence-corrected chi connectivity index (χ0v) is 12.6. The standard InChI is InChI=1S/C16H16N4O2/c1-9(19-11(3)21)7-13-12-5-4-6-17-15(12)20-10(2)8-18-16(20)14(13)22/h4-8,13H,1-3H3,(H,19,21)/b9-7+. The summed E-state index contributed by atoms with van der Waals surface area (Å²) in [5.41, 5.74) is 2.31. The van der Waals surface area contributed by atoms with Crippen molar-refractivity contribution in [2.75, 3.05) is 0 Å². The van der Waals surface area contributed by atoms with Gasteiger partial charge >= 0.3 is 0 Å². The van der Waals surface area contributed by atoms with E-state index in [0.717, 1.165) is 11.3 Å². The number of nitrogens with one attached hydrogen (secondary N) is 1. The third-order valence-electron chi connectivity index (χ3n) is 3.59. The minimum Gasteiger partial charge on any atom is -0.331 e. The van der Waals surface area contributed by atoms with Crippen molar-refractivity contribution < 1.29 is 9.59 Å². The number of carbonyl (C=O) groups is 2. The summed E-state index contributed by atoms with van der Waals surface area (Å²) in [5.74, 6) is 0.327. The summed E-state index contributed by atoms with van der Waals surface area (Å²) in [6.45, 7) is 5.09. The number of ketones is 1. The van der Waals surface area contributed by atoms with Crippen molar-refractivity contribution in [3.63, 3.8) is 0 Å². The zero-order valence-electron chi connectivity index (χ0n) is 12.6. The lowest BCUT2D eigenvalue weighted by Crippen LogP contribution is -2.26. The van der Waals surface area contributed by atoms with E-state index in [2.05, 4.69) is 15.3 Å². The van der Waals surface area contributed by atoms with Crippen LogP contribution in [0.3, 0.4) is 0 Å². The van der Waals surface area contributed by atoms with Gasteiger partial charge < -0.3 is 5.32 Å². The molecule has 1 atom stereocenters. The van der Waals surface area contributed by atoms with Gasteiger partial charge in [-0.3, -0.25) is 14.2 Å². The molecule has 3 rings (SSSR count). The molecule has 0 saturated carbocycles. The Kier molecular flexibility index (Phi) is 3.36. The summed E-state index contributed by atoms with van der Waals surface area (Å²) >= 11 is 0. The van der Waals surface area contributed by atoms with Crippen LogP contribution in [-0.4, -0.2) is 26.2 Å². The van der Waals surface area contributed by atoms with Crippen molar-refractivity contribution in [1.29, 1.82) is 0 Å². The van der Waals surface area contributed by atoms with Crippen LogP contribution in [-0.2, 0) is 4.79 Å². The minimum absolute atomic E-state index is 0.0988. The van der Waals surface area contributed by atoms with E-state index in [-0.39, 0.29) is 11.7 Å². The minimum atomic E-state index is -0.496. The highest BCUT2D eigenvalue weighted by atomic mass is 16.1. The molecule has 112 valence electrons. The van der Waals surface area contributed by atoms with Crippen molar-refractivity contribution in [3.8, 4) is 5.82 Å². The molecule has 3 heterocycles. The van der Waals surface area contributed by atoms with Crippen LogP contribution in [0, 0.1) is 6.92 Å². The van der Waals surface area contributed by atoms with Gasteiger partial charge in [0.05, 0.1) is 5.92 Å². The number of hydrogen-bond acceptors (Lipinski definition) is 4. The molecule has 1 unspecified atom stereocenters. The van der Waals surface area contributed by atoms with E-state index in [9.17, 15) is 9.59 Å². The summed E-state index contributed by atoms with van der Waals surface area (Å²) in [6, 6.07) is 3.68. The average Bonchev–Trinajstić information content (AvgIpc) is 2.85. The maximum Gasteiger partial charge on any atom is 0.220 e. The van der Waals surface area contributed by atoms with Crippen LogP contribution < -0.4 is 5.32 Å². The van der Waals surface area contributed by atoms with E-state index < -0.39 is 5.92 Å². The van der Waals surface area contributed by atoms with E-state index in [1.165, 1.54) is 6.92 Å². The number of aryl methyl sites for hydroxylation is 1. The van der Waals surface area contributed by atoms with Gasteiger partial charge in [-0.2, -0.15) is 0 Å². The SMILES string of the molecule is CC(=O)N/C(C)=C/C1C(=O)c2ncc(C)n2-c2ncccc21. The Hall–Kier alpha value is -2.76. The first-order valence-electron chi connectivity index (χ1n) is 6.99. The molecule has 6 heteroatoms. The summed E-state index contributed by atoms with van der Waals surface area (Å²) in [7, 11) is 0. The number of rotatable bonds is 2. The molecule has 2 aromatic heterocycles. The van der Waals surface area contributed by atoms with Crippen LogP contribution in [0.1, 0.15) is 41.6 Å². The second-order valence-corrected chi connectivity index (χ2v) is 5.35. The smallest absolute Gasteiger partial charge is 0.220 e. The number of aromatic nitrogens is 3. The molecule has 2 aromatic rings. The number of amides is 1. The topological polar surface area (TPSA) is 76.9 Å². The summed E-state index contributed by atoms with van der Waals surface area (Å²) in [6.07, 6.45) is 5.11. The zero-order chi connectivity index (χ0) is 15.9. The van der Waals surface area contributed by atoms with Crippen LogP contribution in [0.15, 0.2) is 36.3 Å². The molecule has 1 aliphatic heterocycles. The van der Waals surface area contributed by atoms with Gasteiger partial charge in [0.1, 0.15) is 5.82 Å². The fourth-order valence-electron chi connectivity index (χ4n) is 2.73. The lowest BCUT2D eigenvalue weighted by molar-refractivity contribution is -0.118. The van der Waals surface area contributed by atoms with Crippen LogP contribution in [0.2, 0.25) is 0 Å². The quantitative estimate of drug-likeness (QED) is 0.918. The van der Waals surface area contributed by atoms with Crippen molar-refractivity contribution in [1.82, 2.24) is 19.9 Å². The molecule has 6 nitrogen and oxygen atoms in total. The molecule has 1 aliphatic rings. The molecule has 0 saturated heterocycles. The van der Waals surface area contributed by atoms with Crippen LogP contribution >= 0.6 is 0 Å². The van der Waals surface area contributed by atoms with Crippen molar-refractivity contribution >= 4 is 11.7 Å². The number of nitrogens with zero attached hydrogens (tertiary/aromatic N) is 3. The van der Waals surface area contributed by atoms with Gasteiger partial charge in [-0.05, 0) is 26.0 Å². The molecule has 0 spiro atoms. The summed E-state index contributed by atoms with van der Waals surface area (Å²) in [5, 5.41) is 2.69. The Labute approximate surface area is 127 Å². The van der Waals surface area contributed by atoms with Gasteiger partial charge in [-0.25, -0.2) is 9.97 Å². The Morgan fingerprint density at radius 3 is 2.86 bits per heavy atom. The highest BCUT2D eigenvalue weighted by molar-refractivity contribution is 6.02. The largest absolute Gasteiger partial charge is 0.331 e. The van der Waals surface area contributed by atoms with Crippen LogP contribution in [0.4, 0.5) is 0 Å². The van der Waals surface area contributed by atoms with Crippen molar-refractivity contribution in [2.24, 2.45) is 0 Å². The summed E-state index contributed by atoms with van der Waals surface area (Å²) in [4.78, 5) is 32.5. The van der Waals surface area contributed by atoms with E-state index in [4.69, 9.17) is 0 Å². The fourth-order valence-corrected chi connectivity index (χ4v) is 2.73. The molecule has 0 bridgehead atoms. The molecular formula is C16H16N4O2. The average molecular weight is 296 g/mol. The third-order valence-corrected chi connectivity index (χ3v) is 3.59. The molecule has 1 amide bonds. The van der Waals surface area contributed by atoms with Gasteiger partial charge in [-0.1, -0.05) is 6.07 Å². The summed E-state index contributed by atoms with van der Waals surface area (Å²) < 4.78 is 1.77. The predicted molar refractivity (Wildman–Crippen MR) is 80.7 cm³/mol. The van der Waals surface area contributed by atoms with Gasteiger partial charge in [-0.15, -0.1) is 0 Å². The van der Waals surface area contributed by atoms with Gasteiger partial charge in [0.15, 0.2) is 5.82 Å². The number of carbonyl (C=O) groups excluding carboxylic acids is 2. The first-order chi connectivity index (χ1) is 10.5. The van der Waals surface area contributed by atoms with Gasteiger partial charge in [0.2, 0.25) is 11.7 Å². The number of fused-ring (bicyclic) bond motifs is 3. The number of hydrogen-bond donors (Lipinski definition) is 1. The third kappa shape index (κ3) is 2.22. The maximum atomic E-state index is 12.7. The molecule has 1 N–H and O–H groups in total. The Morgan fingerprint density at radius 2 is 2.14 bits per heavy atom. The highest BCUT2D eigenvalue weighted by Gasteiger charge is 2.33. The van der Waals surface area contributed by atoms with Crippen molar-refractivity contribution in [3.05, 3.63) is 53.4 Å². The van der Waals surface area contributed by atoms with E-state index in [1.54, 1.807) is 36.0 Å². The number of imidazole rings is 1. The highest BCUT2D eigenvalue weighted by Crippen LogP contribution is 2.33. The number of pyridine rings is 1. The van der Waals surface area contributed by atoms with Crippen LogP contribution in [0.25, 0.3) is 5.82 Å². The predicted octanol–water partition coefficient (Wildman–Crippen LogP) is 1.90. The Morgan fingerprint density at radius 1 is 1.36 bits per heavy atom. The number of allylic oxidation sites excluding steroid dienone is 2. The molecule has 0 fully saturated rings. The lowest BCUT2D eigenvalue weighted by atomic mass is 9.90. The molecule has 0 aromatic carbocycles. The van der Waals surface area contributed by atoms with E-state index >= 15 is 0 Å². The van der Waals surface area contributed by atoms with Crippen molar-refractivity contribution in [2.45, 2.75) is 26.7 Å². The monoisotopic (exact) mass is 296 g/mol. The molecule has 0 aliphatic carbocycles. The van der Waals surface area contributed by atoms with E-state index in [0.29, 0.717) is 17.3 Å². The van der Waals surface area contributed by atoms with E-state index in [1.807, 2.05) is 13.0 Å². The Balaban J connectivity index is 2.14. The van der Waals surface area contributed by atoms with Gasteiger partial charge in [0.25, 0.3) is 0 Å². The molecule has 0 radical (unpaired) electrons. The lowest BCUT2D eigenvalue weighted by Gasteiger charge is -2.23. The first-order valence-corrected chi connectivity index (χ1v) is 6.99. The Bertz CT molecular complexity index is 804. The second-order valence-electron chi connectivity index (χ2n) is 5.35. The fraction of sp³-hybridized carbons (Fsp3) is 0.250. The first kappa shape index (κ1) is 14.2. The number of Topliss-reactive ketones (excluding diaryl/α,β-unsaturated/α-hetero) is 1. The molecule has 22 heavy (non-hydrogen) atoms. The normalized spacial score (nSPS) is 17.0. The molecular weight excluding hydrogens is 280 g/mol. The van der Waals surface area contributed by atoms with Gasteiger partial charge in [0, 0.05) is 36.3 Å². The second kappa shape index (κ2) is 5.22. The van der Waals surface area contributed by atoms with Crippen LogP contribution in [0.5, 0.6) is 0 Å².